The number of aliphatic hydroxyl groups excluding tert-OH is 1. The number of unbranched alkanes of at least 4 members (excludes halogenated alkanes) is 1. The van der Waals surface area contributed by atoms with E-state index in [-0.39, 0.29) is 23.8 Å². The fourth-order valence-electron chi connectivity index (χ4n) is 3.50. The molecule has 0 spiro atoms. The lowest BCUT2D eigenvalue weighted by Gasteiger charge is -2.16. The van der Waals surface area contributed by atoms with Crippen molar-refractivity contribution in [1.29, 1.82) is 0 Å². The second-order valence-corrected chi connectivity index (χ2v) is 10.3. The highest BCUT2D eigenvalue weighted by atomic mass is 35.5. The maximum atomic E-state index is 11.2. The Bertz CT molecular complexity index is 1330. The monoisotopic (exact) mass is 583 g/mol. The molecule has 0 aliphatic carbocycles. The molecule has 3 rings (SSSR count). The molecule has 3 N–H and O–H groups in total. The van der Waals surface area contributed by atoms with Gasteiger partial charge in [-0.15, -0.1) is 11.6 Å². The number of halogens is 2. The number of hydrogen-bond acceptors (Lipinski definition) is 4. The maximum absolute atomic E-state index is 11.2. The lowest BCUT2D eigenvalue weighted by Crippen LogP contribution is -2.23. The maximum Gasteiger partial charge on any atom is 0.335 e. The summed E-state index contributed by atoms with van der Waals surface area (Å²) < 4.78 is 5.94. The Balaban J connectivity index is 0.00000131. The van der Waals surface area contributed by atoms with Crippen molar-refractivity contribution in [1.82, 2.24) is 5.32 Å². The number of fused-ring (bicyclic) bond motifs is 1. The van der Waals surface area contributed by atoms with Gasteiger partial charge in [-0.25, -0.2) is 4.79 Å². The molecule has 5 nitrogen and oxygen atoms in total. The zero-order valence-electron chi connectivity index (χ0n) is 23.6. The number of aliphatic hydroxyl groups is 1. The van der Waals surface area contributed by atoms with Crippen LogP contribution in [0.2, 0.25) is 0 Å². The second kappa shape index (κ2) is 17.3. The van der Waals surface area contributed by atoms with E-state index in [1.165, 1.54) is 12.8 Å². The molecule has 0 aliphatic rings. The van der Waals surface area contributed by atoms with Crippen LogP contribution in [0, 0.1) is 5.92 Å². The Hall–Kier alpha value is -3.41. The van der Waals surface area contributed by atoms with Crippen LogP contribution < -0.4 is 10.1 Å². The molecule has 214 valence electrons. The molecule has 0 aliphatic heterocycles. The number of allylic oxidation sites excluding steroid dienone is 4. The van der Waals surface area contributed by atoms with Crippen LogP contribution in [-0.2, 0) is 0 Å². The van der Waals surface area contributed by atoms with Crippen molar-refractivity contribution < 1.29 is 19.7 Å². The first kappa shape index (κ1) is 32.8. The molecule has 7 heteroatoms. The van der Waals surface area contributed by atoms with Crippen LogP contribution in [0.4, 0.5) is 0 Å². The van der Waals surface area contributed by atoms with E-state index in [1.807, 2.05) is 62.4 Å². The molecular weight excluding hydrogens is 545 g/mol. The lowest BCUT2D eigenvalue weighted by molar-refractivity contribution is 0.0697. The highest BCUT2D eigenvalue weighted by Gasteiger charge is 2.11. The van der Waals surface area contributed by atoms with E-state index in [4.69, 9.17) is 27.9 Å². The van der Waals surface area contributed by atoms with Gasteiger partial charge in [0.15, 0.2) is 0 Å². The summed E-state index contributed by atoms with van der Waals surface area (Å²) in [4.78, 5) is 11.2. The van der Waals surface area contributed by atoms with Gasteiger partial charge in [0.25, 0.3) is 0 Å². The van der Waals surface area contributed by atoms with Crippen LogP contribution in [-0.4, -0.2) is 35.2 Å². The molecule has 0 atom stereocenters. The van der Waals surface area contributed by atoms with Crippen LogP contribution >= 0.6 is 23.2 Å². The van der Waals surface area contributed by atoms with Crippen molar-refractivity contribution in [2.45, 2.75) is 40.5 Å². The van der Waals surface area contributed by atoms with E-state index >= 15 is 0 Å². The van der Waals surface area contributed by atoms with Crippen molar-refractivity contribution in [3.63, 3.8) is 0 Å². The Morgan fingerprint density at radius 2 is 1.57 bits per heavy atom. The summed E-state index contributed by atoms with van der Waals surface area (Å²) in [5, 5.41) is 25.3. The van der Waals surface area contributed by atoms with Crippen LogP contribution in [0.25, 0.3) is 21.9 Å². The van der Waals surface area contributed by atoms with Gasteiger partial charge in [-0.1, -0.05) is 94.6 Å². The third-order valence-corrected chi connectivity index (χ3v) is 6.42. The molecule has 3 aromatic carbocycles. The highest BCUT2D eigenvalue weighted by molar-refractivity contribution is 6.30. The van der Waals surface area contributed by atoms with Crippen molar-refractivity contribution in [2.24, 2.45) is 5.92 Å². The number of hydrogen-bond donors (Lipinski definition) is 3. The molecule has 0 radical (unpaired) electrons. The number of rotatable bonds is 12. The van der Waals surface area contributed by atoms with Gasteiger partial charge < -0.3 is 20.3 Å². The minimum atomic E-state index is -0.939. The molecule has 0 bridgehead atoms. The van der Waals surface area contributed by atoms with Gasteiger partial charge in [-0.3, -0.25) is 0 Å². The molecule has 0 saturated heterocycles. The first-order valence-corrected chi connectivity index (χ1v) is 14.3. The Kier molecular flexibility index (Phi) is 14.2. The van der Waals surface area contributed by atoms with Gasteiger partial charge in [0.1, 0.15) is 18.1 Å². The molecule has 0 unspecified atom stereocenters. The number of nitrogens with one attached hydrogen (secondary N) is 1. The lowest BCUT2D eigenvalue weighted by atomic mass is 10.00. The number of carboxylic acids is 1. The van der Waals surface area contributed by atoms with Gasteiger partial charge in [0, 0.05) is 16.8 Å². The summed E-state index contributed by atoms with van der Waals surface area (Å²) in [6.45, 7) is 8.67. The van der Waals surface area contributed by atoms with E-state index in [9.17, 15) is 15.0 Å². The summed E-state index contributed by atoms with van der Waals surface area (Å²) in [7, 11) is 0. The number of benzene rings is 3. The molecule has 0 aromatic heterocycles. The third-order valence-electron chi connectivity index (χ3n) is 5.99. The molecule has 3 aromatic rings. The third kappa shape index (κ3) is 10.6. The first-order valence-electron chi connectivity index (χ1n) is 13.4. The summed E-state index contributed by atoms with van der Waals surface area (Å²) in [6, 6.07) is 18.7. The Labute approximate surface area is 247 Å². The standard InChI is InChI=1S/C29H29Cl2NO4.C4H10/c1-19(2)28(33)27(32-17-25(31)5-3-4-14-30)18-36-26-12-10-20(11-13-26)21-6-7-23-16-24(29(34)35)9-8-22(23)15-21;1-3-4-2/h3-13,15-16,19,32-33H,14,17-18H2,1-2H3,(H,34,35);3-4H2,1-2H3/b4-3-,25-5+,28-27-;. The smallest absolute Gasteiger partial charge is 0.335 e. The number of carbonyl (C=O) groups is 1. The van der Waals surface area contributed by atoms with Crippen LogP contribution in [0.3, 0.4) is 0 Å². The van der Waals surface area contributed by atoms with E-state index in [2.05, 4.69) is 19.2 Å². The molecule has 0 amide bonds. The predicted octanol–water partition coefficient (Wildman–Crippen LogP) is 9.32. The SMILES string of the molecule is CC(C)/C(O)=C(\COc1ccc(-c2ccc3cc(C(=O)O)ccc3c2)cc1)NC/C(Cl)=C\C=C/CCl.CCCC. The highest BCUT2D eigenvalue weighted by Crippen LogP contribution is 2.27. The van der Waals surface area contributed by atoms with E-state index in [0.717, 1.165) is 21.9 Å². The predicted molar refractivity (Wildman–Crippen MR) is 169 cm³/mol. The molecule has 40 heavy (non-hydrogen) atoms. The minimum absolute atomic E-state index is 0.0724. The second-order valence-electron chi connectivity index (χ2n) is 9.46. The van der Waals surface area contributed by atoms with Gasteiger partial charge in [0.2, 0.25) is 0 Å². The minimum Gasteiger partial charge on any atom is -0.510 e. The number of ether oxygens (including phenoxy) is 1. The van der Waals surface area contributed by atoms with E-state index in [0.29, 0.717) is 28.9 Å². The van der Waals surface area contributed by atoms with Crippen molar-refractivity contribution in [2.75, 3.05) is 19.0 Å². The average Bonchev–Trinajstić information content (AvgIpc) is 2.96. The Morgan fingerprint density at radius 1 is 0.950 bits per heavy atom. The molecular formula is C33H39Cl2NO4. The van der Waals surface area contributed by atoms with Gasteiger partial charge >= 0.3 is 5.97 Å². The fourth-order valence-corrected chi connectivity index (χ4v) is 3.74. The topological polar surface area (TPSA) is 78.8 Å². The summed E-state index contributed by atoms with van der Waals surface area (Å²) >= 11 is 11.8. The quantitative estimate of drug-likeness (QED) is 0.112. The van der Waals surface area contributed by atoms with Crippen LogP contribution in [0.1, 0.15) is 50.9 Å². The fraction of sp³-hybridized carbons (Fsp3) is 0.303. The molecule has 0 heterocycles. The molecule has 0 saturated carbocycles. The Morgan fingerprint density at radius 3 is 2.17 bits per heavy atom. The van der Waals surface area contributed by atoms with Crippen molar-refractivity contribution >= 4 is 39.9 Å². The number of alkyl halides is 1. The van der Waals surface area contributed by atoms with Crippen LogP contribution in [0.5, 0.6) is 5.75 Å². The summed E-state index contributed by atoms with van der Waals surface area (Å²) in [6.07, 6.45) is 7.95. The average molecular weight is 585 g/mol. The van der Waals surface area contributed by atoms with Crippen molar-refractivity contribution in [3.8, 4) is 16.9 Å². The van der Waals surface area contributed by atoms with E-state index < -0.39 is 5.97 Å². The first-order chi connectivity index (χ1) is 19.2. The number of carboxylic acid groups (broad SMARTS) is 1. The number of aromatic carboxylic acids is 1. The van der Waals surface area contributed by atoms with Gasteiger partial charge in [-0.2, -0.15) is 0 Å². The largest absolute Gasteiger partial charge is 0.510 e. The normalized spacial score (nSPS) is 12.2. The van der Waals surface area contributed by atoms with Crippen LogP contribution in [0.15, 0.2) is 95.4 Å². The summed E-state index contributed by atoms with van der Waals surface area (Å²) in [5.41, 5.74) is 2.86. The zero-order valence-corrected chi connectivity index (χ0v) is 25.1. The molecule has 0 fully saturated rings. The zero-order chi connectivity index (χ0) is 29.5. The van der Waals surface area contributed by atoms with Gasteiger partial charge in [0.05, 0.1) is 17.8 Å². The summed E-state index contributed by atoms with van der Waals surface area (Å²) in [5.74, 6) is 0.277. The van der Waals surface area contributed by atoms with E-state index in [1.54, 1.807) is 30.4 Å². The van der Waals surface area contributed by atoms with Gasteiger partial charge in [-0.05, 0) is 58.3 Å². The van der Waals surface area contributed by atoms with Crippen molar-refractivity contribution in [3.05, 3.63) is 101 Å².